The highest BCUT2D eigenvalue weighted by molar-refractivity contribution is 9.10. The van der Waals surface area contributed by atoms with Crippen molar-refractivity contribution in [1.82, 2.24) is 10.9 Å². The Hall–Kier alpha value is -3.25. The van der Waals surface area contributed by atoms with Crippen LogP contribution in [0.1, 0.15) is 28.3 Å². The standard InChI is InChI=1S/C27H23BrN2O2/c28-24-18-16-21(17-19-24)25(20-10-4-1-5-11-20)29-30-26(31)27(32,22-12-6-2-7-13-22)23-14-8-3-9-15-23/h1-19,25,29,32H,(H,30,31)/t25-/m0/s1. The van der Waals surface area contributed by atoms with Gasteiger partial charge < -0.3 is 5.11 Å². The number of carbonyl (C=O) groups excluding carboxylic acids is 1. The van der Waals surface area contributed by atoms with Crippen molar-refractivity contribution in [2.75, 3.05) is 0 Å². The molecule has 4 aromatic carbocycles. The summed E-state index contributed by atoms with van der Waals surface area (Å²) < 4.78 is 0.972. The van der Waals surface area contributed by atoms with Crippen LogP contribution in [0, 0.1) is 0 Å². The lowest BCUT2D eigenvalue weighted by Crippen LogP contribution is -2.51. The molecule has 0 saturated heterocycles. The molecular formula is C27H23BrN2O2. The molecule has 5 heteroatoms. The first-order valence-corrected chi connectivity index (χ1v) is 11.1. The maximum Gasteiger partial charge on any atom is 0.275 e. The van der Waals surface area contributed by atoms with Crippen LogP contribution in [0.4, 0.5) is 0 Å². The fourth-order valence-electron chi connectivity index (χ4n) is 3.68. The Labute approximate surface area is 196 Å². The zero-order valence-electron chi connectivity index (χ0n) is 17.3. The van der Waals surface area contributed by atoms with Gasteiger partial charge in [0.1, 0.15) is 0 Å². The molecule has 0 aromatic heterocycles. The lowest BCUT2D eigenvalue weighted by molar-refractivity contribution is -0.138. The number of carbonyl (C=O) groups is 1. The van der Waals surface area contributed by atoms with E-state index in [0.29, 0.717) is 11.1 Å². The summed E-state index contributed by atoms with van der Waals surface area (Å²) in [5.41, 5.74) is 7.01. The predicted octanol–water partition coefficient (Wildman–Crippen LogP) is 5.10. The number of amides is 1. The maximum absolute atomic E-state index is 13.5. The second-order valence-corrected chi connectivity index (χ2v) is 8.35. The number of aliphatic hydroxyl groups is 1. The van der Waals surface area contributed by atoms with E-state index in [4.69, 9.17) is 0 Å². The molecule has 0 aliphatic heterocycles. The number of nitrogens with one attached hydrogen (secondary N) is 2. The van der Waals surface area contributed by atoms with E-state index in [1.54, 1.807) is 48.5 Å². The van der Waals surface area contributed by atoms with E-state index in [9.17, 15) is 9.90 Å². The highest BCUT2D eigenvalue weighted by Gasteiger charge is 2.40. The molecule has 0 saturated carbocycles. The summed E-state index contributed by atoms with van der Waals surface area (Å²) >= 11 is 3.47. The second kappa shape index (κ2) is 9.92. The third-order valence-electron chi connectivity index (χ3n) is 5.38. The Kier molecular flexibility index (Phi) is 6.81. The first-order valence-electron chi connectivity index (χ1n) is 10.3. The molecule has 0 spiro atoms. The molecular weight excluding hydrogens is 464 g/mol. The van der Waals surface area contributed by atoms with Crippen LogP contribution in [0.25, 0.3) is 0 Å². The second-order valence-electron chi connectivity index (χ2n) is 7.44. The summed E-state index contributed by atoms with van der Waals surface area (Å²) in [6.45, 7) is 0. The first-order chi connectivity index (χ1) is 15.6. The monoisotopic (exact) mass is 486 g/mol. The lowest BCUT2D eigenvalue weighted by atomic mass is 9.85. The zero-order valence-corrected chi connectivity index (χ0v) is 18.9. The molecule has 0 bridgehead atoms. The van der Waals surface area contributed by atoms with Crippen molar-refractivity contribution in [2.24, 2.45) is 0 Å². The Bertz CT molecular complexity index is 1110. The summed E-state index contributed by atoms with van der Waals surface area (Å²) in [7, 11) is 0. The van der Waals surface area contributed by atoms with Crippen molar-refractivity contribution in [2.45, 2.75) is 11.6 Å². The van der Waals surface area contributed by atoms with Gasteiger partial charge in [0.25, 0.3) is 5.91 Å². The number of hydrogen-bond acceptors (Lipinski definition) is 3. The Balaban J connectivity index is 1.66. The van der Waals surface area contributed by atoms with Crippen LogP contribution in [0.3, 0.4) is 0 Å². The van der Waals surface area contributed by atoms with Gasteiger partial charge in [0.05, 0.1) is 6.04 Å². The zero-order chi connectivity index (χ0) is 22.4. The molecule has 0 heterocycles. The largest absolute Gasteiger partial charge is 0.372 e. The average Bonchev–Trinajstić information content (AvgIpc) is 2.86. The molecule has 3 N–H and O–H groups in total. The van der Waals surface area contributed by atoms with Gasteiger partial charge in [0.15, 0.2) is 5.60 Å². The van der Waals surface area contributed by atoms with Crippen molar-refractivity contribution >= 4 is 21.8 Å². The number of benzene rings is 4. The Morgan fingerprint density at radius 1 is 0.688 bits per heavy atom. The van der Waals surface area contributed by atoms with Crippen LogP contribution in [0.5, 0.6) is 0 Å². The van der Waals surface area contributed by atoms with Crippen molar-refractivity contribution in [3.05, 3.63) is 142 Å². The Morgan fingerprint density at radius 3 is 1.62 bits per heavy atom. The highest BCUT2D eigenvalue weighted by Crippen LogP contribution is 2.30. The molecule has 0 aliphatic rings. The predicted molar refractivity (Wildman–Crippen MR) is 130 cm³/mol. The van der Waals surface area contributed by atoms with Crippen molar-refractivity contribution in [3.8, 4) is 0 Å². The molecule has 0 radical (unpaired) electrons. The van der Waals surface area contributed by atoms with Gasteiger partial charge in [0, 0.05) is 4.47 Å². The van der Waals surface area contributed by atoms with E-state index in [-0.39, 0.29) is 6.04 Å². The third kappa shape index (κ3) is 4.65. The van der Waals surface area contributed by atoms with Gasteiger partial charge in [-0.25, -0.2) is 5.43 Å². The van der Waals surface area contributed by atoms with Gasteiger partial charge in [-0.1, -0.05) is 119 Å². The lowest BCUT2D eigenvalue weighted by Gasteiger charge is -2.29. The minimum atomic E-state index is -1.85. The summed E-state index contributed by atoms with van der Waals surface area (Å²) in [5, 5.41) is 11.7. The molecule has 0 fully saturated rings. The normalized spacial score (nSPS) is 12.2. The molecule has 0 unspecified atom stereocenters. The number of hydrazine groups is 1. The minimum Gasteiger partial charge on any atom is -0.372 e. The van der Waals surface area contributed by atoms with E-state index < -0.39 is 11.5 Å². The van der Waals surface area contributed by atoms with Gasteiger partial charge >= 0.3 is 0 Å². The SMILES string of the molecule is O=C(NN[C@@H](c1ccccc1)c1ccc(Br)cc1)C(O)(c1ccccc1)c1ccccc1. The fraction of sp³-hybridized carbons (Fsp3) is 0.0741. The third-order valence-corrected chi connectivity index (χ3v) is 5.91. The van der Waals surface area contributed by atoms with Crippen LogP contribution in [0.15, 0.2) is 120 Å². The van der Waals surface area contributed by atoms with E-state index in [1.165, 1.54) is 0 Å². The molecule has 4 rings (SSSR count). The first kappa shape index (κ1) is 22.0. The molecule has 1 amide bonds. The minimum absolute atomic E-state index is 0.302. The summed E-state index contributed by atoms with van der Waals surface area (Å²) in [6.07, 6.45) is 0. The van der Waals surface area contributed by atoms with E-state index in [0.717, 1.165) is 15.6 Å². The quantitative estimate of drug-likeness (QED) is 0.318. The topological polar surface area (TPSA) is 61.4 Å². The fourth-order valence-corrected chi connectivity index (χ4v) is 3.94. The number of rotatable bonds is 7. The van der Waals surface area contributed by atoms with E-state index in [2.05, 4.69) is 26.8 Å². The molecule has 32 heavy (non-hydrogen) atoms. The van der Waals surface area contributed by atoms with Gasteiger partial charge in [-0.05, 0) is 34.4 Å². The molecule has 4 nitrogen and oxygen atoms in total. The van der Waals surface area contributed by atoms with Crippen LogP contribution < -0.4 is 10.9 Å². The van der Waals surface area contributed by atoms with Crippen LogP contribution in [-0.4, -0.2) is 11.0 Å². The van der Waals surface area contributed by atoms with Crippen LogP contribution >= 0.6 is 15.9 Å². The number of halogens is 1. The molecule has 1 atom stereocenters. The van der Waals surface area contributed by atoms with Gasteiger partial charge in [-0.3, -0.25) is 10.2 Å². The smallest absolute Gasteiger partial charge is 0.275 e. The average molecular weight is 487 g/mol. The van der Waals surface area contributed by atoms with Crippen LogP contribution in [0.2, 0.25) is 0 Å². The summed E-state index contributed by atoms with van der Waals surface area (Å²) in [6, 6.07) is 35.3. The van der Waals surface area contributed by atoms with Gasteiger partial charge in [-0.15, -0.1) is 0 Å². The van der Waals surface area contributed by atoms with E-state index in [1.807, 2.05) is 66.7 Å². The molecule has 4 aromatic rings. The van der Waals surface area contributed by atoms with Crippen molar-refractivity contribution in [3.63, 3.8) is 0 Å². The van der Waals surface area contributed by atoms with Crippen LogP contribution in [-0.2, 0) is 10.4 Å². The van der Waals surface area contributed by atoms with Crippen molar-refractivity contribution in [1.29, 1.82) is 0 Å². The molecule has 160 valence electrons. The van der Waals surface area contributed by atoms with E-state index >= 15 is 0 Å². The maximum atomic E-state index is 13.5. The Morgan fingerprint density at radius 2 is 1.12 bits per heavy atom. The van der Waals surface area contributed by atoms with Crippen molar-refractivity contribution < 1.29 is 9.90 Å². The van der Waals surface area contributed by atoms with Gasteiger partial charge in [-0.2, -0.15) is 0 Å². The highest BCUT2D eigenvalue weighted by atomic mass is 79.9. The summed E-state index contributed by atoms with van der Waals surface area (Å²) in [5.74, 6) is -0.562. The molecule has 0 aliphatic carbocycles. The van der Waals surface area contributed by atoms with Gasteiger partial charge in [0.2, 0.25) is 0 Å². The number of hydrogen-bond donors (Lipinski definition) is 3. The summed E-state index contributed by atoms with van der Waals surface area (Å²) in [4.78, 5) is 13.5.